The molecule has 1 aromatic rings. The lowest BCUT2D eigenvalue weighted by atomic mass is 10.1. The molecule has 0 radical (unpaired) electrons. The third-order valence-corrected chi connectivity index (χ3v) is 2.64. The van der Waals surface area contributed by atoms with Crippen molar-refractivity contribution in [2.45, 2.75) is 26.3 Å². The van der Waals surface area contributed by atoms with Crippen LogP contribution in [0.3, 0.4) is 0 Å². The Kier molecular flexibility index (Phi) is 5.78. The Morgan fingerprint density at radius 1 is 1.42 bits per heavy atom. The van der Waals surface area contributed by atoms with Crippen LogP contribution in [-0.4, -0.2) is 34.7 Å². The fraction of sp³-hybridized carbons (Fsp3) is 0.462. The number of urea groups is 1. The van der Waals surface area contributed by atoms with Crippen LogP contribution < -0.4 is 10.6 Å². The molecule has 0 fully saturated rings. The fourth-order valence-electron chi connectivity index (χ4n) is 1.57. The van der Waals surface area contributed by atoms with E-state index in [9.17, 15) is 9.59 Å². The van der Waals surface area contributed by atoms with Crippen LogP contribution in [0.25, 0.3) is 0 Å². The smallest absolute Gasteiger partial charge is 0.326 e. The Balaban J connectivity index is 2.33. The number of carboxylic acids is 1. The van der Waals surface area contributed by atoms with E-state index in [0.717, 1.165) is 5.56 Å². The van der Waals surface area contributed by atoms with Crippen molar-refractivity contribution in [3.05, 3.63) is 30.1 Å². The van der Waals surface area contributed by atoms with E-state index in [1.165, 1.54) is 0 Å². The highest BCUT2D eigenvalue weighted by molar-refractivity contribution is 5.82. The molecular weight excluding hydrogens is 246 g/mol. The molecule has 0 spiro atoms. The molecule has 0 aliphatic heterocycles. The highest BCUT2D eigenvalue weighted by atomic mass is 16.4. The lowest BCUT2D eigenvalue weighted by molar-refractivity contribution is -0.140. The zero-order valence-corrected chi connectivity index (χ0v) is 11.1. The van der Waals surface area contributed by atoms with E-state index >= 15 is 0 Å². The third kappa shape index (κ3) is 5.37. The number of pyridine rings is 1. The minimum Gasteiger partial charge on any atom is -0.480 e. The minimum atomic E-state index is -1.03. The molecule has 1 rings (SSSR count). The number of carboxylic acid groups (broad SMARTS) is 1. The monoisotopic (exact) mass is 265 g/mol. The first-order chi connectivity index (χ1) is 9.00. The van der Waals surface area contributed by atoms with Gasteiger partial charge in [-0.2, -0.15) is 0 Å². The molecule has 6 nitrogen and oxygen atoms in total. The molecule has 1 aromatic heterocycles. The predicted octanol–water partition coefficient (Wildman–Crippen LogP) is 1.03. The van der Waals surface area contributed by atoms with Crippen molar-refractivity contribution in [3.8, 4) is 0 Å². The lowest BCUT2D eigenvalue weighted by Crippen LogP contribution is -2.48. The molecule has 0 aliphatic carbocycles. The summed E-state index contributed by atoms with van der Waals surface area (Å²) < 4.78 is 0. The minimum absolute atomic E-state index is 0.165. The number of amides is 2. The van der Waals surface area contributed by atoms with Crippen molar-refractivity contribution in [2.75, 3.05) is 6.54 Å². The zero-order chi connectivity index (χ0) is 14.3. The maximum Gasteiger partial charge on any atom is 0.326 e. The molecule has 0 bridgehead atoms. The number of aromatic nitrogens is 1. The standard InChI is InChI=1S/C13H19N3O3/c1-9(2)11(12(17)18)16-13(19)15-7-5-10-4-3-6-14-8-10/h3-4,6,8-9,11H,5,7H2,1-2H3,(H,17,18)(H2,15,16,19)/t11-/m1/s1. The summed E-state index contributed by atoms with van der Waals surface area (Å²) in [5, 5.41) is 14.0. The van der Waals surface area contributed by atoms with Crippen molar-refractivity contribution in [1.82, 2.24) is 15.6 Å². The summed E-state index contributed by atoms with van der Waals surface area (Å²) >= 11 is 0. The average molecular weight is 265 g/mol. The SMILES string of the molecule is CC(C)[C@@H](NC(=O)NCCc1cccnc1)C(=O)O. The van der Waals surface area contributed by atoms with Crippen LogP contribution >= 0.6 is 0 Å². The first-order valence-electron chi connectivity index (χ1n) is 6.16. The van der Waals surface area contributed by atoms with E-state index < -0.39 is 18.0 Å². The second kappa shape index (κ2) is 7.35. The van der Waals surface area contributed by atoms with Gasteiger partial charge in [0, 0.05) is 18.9 Å². The molecule has 104 valence electrons. The normalized spacial score (nSPS) is 11.9. The number of rotatable bonds is 6. The Hall–Kier alpha value is -2.11. The summed E-state index contributed by atoms with van der Waals surface area (Å²) in [6.07, 6.45) is 4.07. The van der Waals surface area contributed by atoms with Gasteiger partial charge in [-0.15, -0.1) is 0 Å². The van der Waals surface area contributed by atoms with Gasteiger partial charge in [-0.05, 0) is 24.0 Å². The second-order valence-electron chi connectivity index (χ2n) is 4.57. The molecule has 0 unspecified atom stereocenters. The van der Waals surface area contributed by atoms with E-state index in [-0.39, 0.29) is 5.92 Å². The molecule has 0 saturated heterocycles. The van der Waals surface area contributed by atoms with Gasteiger partial charge in [0.15, 0.2) is 0 Å². The number of carbonyl (C=O) groups excluding carboxylic acids is 1. The maximum atomic E-state index is 11.6. The van der Waals surface area contributed by atoms with Crippen LogP contribution in [0.5, 0.6) is 0 Å². The molecule has 6 heteroatoms. The molecule has 19 heavy (non-hydrogen) atoms. The van der Waals surface area contributed by atoms with Crippen molar-refractivity contribution in [1.29, 1.82) is 0 Å². The number of nitrogens with one attached hydrogen (secondary N) is 2. The van der Waals surface area contributed by atoms with Gasteiger partial charge in [0.2, 0.25) is 0 Å². The third-order valence-electron chi connectivity index (χ3n) is 2.64. The van der Waals surface area contributed by atoms with Gasteiger partial charge >= 0.3 is 12.0 Å². The van der Waals surface area contributed by atoms with Crippen molar-refractivity contribution < 1.29 is 14.7 Å². The molecular formula is C13H19N3O3. The van der Waals surface area contributed by atoms with Gasteiger partial charge in [0.1, 0.15) is 6.04 Å². The van der Waals surface area contributed by atoms with Crippen LogP contribution in [-0.2, 0) is 11.2 Å². The van der Waals surface area contributed by atoms with E-state index in [1.807, 2.05) is 12.1 Å². The van der Waals surface area contributed by atoms with Crippen LogP contribution in [0.2, 0.25) is 0 Å². The Morgan fingerprint density at radius 2 is 2.16 bits per heavy atom. The van der Waals surface area contributed by atoms with Crippen molar-refractivity contribution in [2.24, 2.45) is 5.92 Å². The zero-order valence-electron chi connectivity index (χ0n) is 11.1. The summed E-state index contributed by atoms with van der Waals surface area (Å²) in [5.74, 6) is -1.20. The van der Waals surface area contributed by atoms with E-state index in [2.05, 4.69) is 15.6 Å². The molecule has 0 aromatic carbocycles. The van der Waals surface area contributed by atoms with Gasteiger partial charge in [-0.1, -0.05) is 19.9 Å². The fourth-order valence-corrected chi connectivity index (χ4v) is 1.57. The van der Waals surface area contributed by atoms with Gasteiger partial charge in [-0.25, -0.2) is 9.59 Å². The van der Waals surface area contributed by atoms with Gasteiger partial charge in [0.25, 0.3) is 0 Å². The summed E-state index contributed by atoms with van der Waals surface area (Å²) in [6.45, 7) is 3.92. The summed E-state index contributed by atoms with van der Waals surface area (Å²) in [7, 11) is 0. The highest BCUT2D eigenvalue weighted by Gasteiger charge is 2.22. The number of aliphatic carboxylic acids is 1. The van der Waals surface area contributed by atoms with E-state index in [1.54, 1.807) is 26.2 Å². The quantitative estimate of drug-likeness (QED) is 0.716. The summed E-state index contributed by atoms with van der Waals surface area (Å²) in [5.41, 5.74) is 1.02. The largest absolute Gasteiger partial charge is 0.480 e. The van der Waals surface area contributed by atoms with Gasteiger partial charge < -0.3 is 15.7 Å². The Morgan fingerprint density at radius 3 is 2.68 bits per heavy atom. The topological polar surface area (TPSA) is 91.3 Å². The number of carbonyl (C=O) groups is 2. The summed E-state index contributed by atoms with van der Waals surface area (Å²) in [4.78, 5) is 26.4. The van der Waals surface area contributed by atoms with Crippen molar-refractivity contribution >= 4 is 12.0 Å². The predicted molar refractivity (Wildman–Crippen MR) is 70.7 cm³/mol. The molecule has 1 heterocycles. The lowest BCUT2D eigenvalue weighted by Gasteiger charge is -2.18. The van der Waals surface area contributed by atoms with Crippen LogP contribution in [0.4, 0.5) is 4.79 Å². The van der Waals surface area contributed by atoms with Gasteiger partial charge in [-0.3, -0.25) is 4.98 Å². The van der Waals surface area contributed by atoms with Crippen LogP contribution in [0.15, 0.2) is 24.5 Å². The van der Waals surface area contributed by atoms with Crippen LogP contribution in [0.1, 0.15) is 19.4 Å². The first-order valence-corrected chi connectivity index (χ1v) is 6.16. The average Bonchev–Trinajstić information content (AvgIpc) is 2.36. The molecule has 2 amide bonds. The molecule has 0 aliphatic rings. The van der Waals surface area contributed by atoms with Crippen LogP contribution in [0, 0.1) is 5.92 Å². The molecule has 1 atom stereocenters. The highest BCUT2D eigenvalue weighted by Crippen LogP contribution is 2.01. The molecule has 3 N–H and O–H groups in total. The second-order valence-corrected chi connectivity index (χ2v) is 4.57. The first kappa shape index (κ1) is 14.9. The number of hydrogen-bond donors (Lipinski definition) is 3. The summed E-state index contributed by atoms with van der Waals surface area (Å²) in [6, 6.07) is 2.40. The number of nitrogens with zero attached hydrogens (tertiary/aromatic N) is 1. The van der Waals surface area contributed by atoms with E-state index in [4.69, 9.17) is 5.11 Å². The number of hydrogen-bond acceptors (Lipinski definition) is 3. The molecule has 0 saturated carbocycles. The Labute approximate surface area is 112 Å². The van der Waals surface area contributed by atoms with Crippen molar-refractivity contribution in [3.63, 3.8) is 0 Å². The Bertz CT molecular complexity index is 420. The van der Waals surface area contributed by atoms with E-state index in [0.29, 0.717) is 13.0 Å². The van der Waals surface area contributed by atoms with Gasteiger partial charge in [0.05, 0.1) is 0 Å². The maximum absolute atomic E-state index is 11.6.